The van der Waals surface area contributed by atoms with Gasteiger partial charge in [0.2, 0.25) is 5.28 Å². The second-order valence-electron chi connectivity index (χ2n) is 2.94. The molecule has 2 aromatic rings. The molecule has 0 aliphatic heterocycles. The zero-order valence-corrected chi connectivity index (χ0v) is 8.98. The average molecular weight is 246 g/mol. The Hall–Kier alpha value is -1.13. The van der Waals surface area contributed by atoms with Crippen molar-refractivity contribution in [1.29, 1.82) is 0 Å². The molecule has 78 valence electrons. The van der Waals surface area contributed by atoms with Gasteiger partial charge in [-0.2, -0.15) is 0 Å². The summed E-state index contributed by atoms with van der Waals surface area (Å²) in [5, 5.41) is 6.45. The molecule has 1 N–H and O–H groups in total. The summed E-state index contributed by atoms with van der Waals surface area (Å²) in [6, 6.07) is 4.81. The van der Waals surface area contributed by atoms with E-state index in [0.29, 0.717) is 11.4 Å². The van der Waals surface area contributed by atoms with Crippen molar-refractivity contribution in [3.8, 4) is 0 Å². The molecule has 0 saturated heterocycles. The molecule has 15 heavy (non-hydrogen) atoms. The Kier molecular flexibility index (Phi) is 2.88. The summed E-state index contributed by atoms with van der Waals surface area (Å²) in [5.74, 6) is 0.0628. The standard InChI is InChI=1S/C9H6Cl2FN3/c10-6-3-1-2-5(8(6)12)4-7-13-9(11)15-14-7/h1-3H,4H2,(H,13,14,15). The van der Waals surface area contributed by atoms with Gasteiger partial charge in [-0.1, -0.05) is 23.7 Å². The number of rotatable bonds is 2. The maximum atomic E-state index is 13.5. The van der Waals surface area contributed by atoms with E-state index in [2.05, 4.69) is 15.2 Å². The Morgan fingerprint density at radius 1 is 1.33 bits per heavy atom. The Balaban J connectivity index is 2.28. The van der Waals surface area contributed by atoms with Crippen LogP contribution in [0.4, 0.5) is 4.39 Å². The third-order valence-electron chi connectivity index (χ3n) is 1.89. The number of aromatic nitrogens is 3. The molecular formula is C9H6Cl2FN3. The normalized spacial score (nSPS) is 10.6. The number of aromatic amines is 1. The molecule has 0 spiro atoms. The fourth-order valence-corrected chi connectivity index (χ4v) is 1.55. The lowest BCUT2D eigenvalue weighted by Gasteiger charge is -2.01. The Morgan fingerprint density at radius 3 is 2.80 bits per heavy atom. The molecule has 0 aliphatic carbocycles. The van der Waals surface area contributed by atoms with Crippen LogP contribution in [0.15, 0.2) is 18.2 Å². The van der Waals surface area contributed by atoms with Crippen molar-refractivity contribution in [2.45, 2.75) is 6.42 Å². The predicted octanol–water partition coefficient (Wildman–Crippen LogP) is 2.84. The molecule has 3 nitrogen and oxygen atoms in total. The minimum Gasteiger partial charge on any atom is -0.261 e. The van der Waals surface area contributed by atoms with Crippen LogP contribution >= 0.6 is 23.2 Å². The molecule has 1 aromatic heterocycles. The Bertz CT molecular complexity index is 484. The summed E-state index contributed by atoms with van der Waals surface area (Å²) in [7, 11) is 0. The van der Waals surface area contributed by atoms with Gasteiger partial charge >= 0.3 is 0 Å². The van der Waals surface area contributed by atoms with Gasteiger partial charge in [0.1, 0.15) is 11.6 Å². The van der Waals surface area contributed by atoms with Gasteiger partial charge in [-0.3, -0.25) is 5.10 Å². The van der Waals surface area contributed by atoms with Crippen molar-refractivity contribution in [3.63, 3.8) is 0 Å². The van der Waals surface area contributed by atoms with Crippen LogP contribution in [0.2, 0.25) is 10.3 Å². The first kappa shape index (κ1) is 10.4. The number of nitrogens with zero attached hydrogens (tertiary/aromatic N) is 2. The fraction of sp³-hybridized carbons (Fsp3) is 0.111. The summed E-state index contributed by atoms with van der Waals surface area (Å²) in [6.07, 6.45) is 0.284. The van der Waals surface area contributed by atoms with Gasteiger partial charge in [-0.15, -0.1) is 5.10 Å². The van der Waals surface area contributed by atoms with Crippen molar-refractivity contribution >= 4 is 23.2 Å². The molecule has 1 aromatic carbocycles. The quantitative estimate of drug-likeness (QED) is 0.885. The van der Waals surface area contributed by atoms with Gasteiger partial charge < -0.3 is 0 Å². The second kappa shape index (κ2) is 4.16. The van der Waals surface area contributed by atoms with Gasteiger partial charge in [0, 0.05) is 6.42 Å². The monoisotopic (exact) mass is 245 g/mol. The van der Waals surface area contributed by atoms with E-state index in [1.165, 1.54) is 6.07 Å². The summed E-state index contributed by atoms with van der Waals surface area (Å²) < 4.78 is 13.5. The molecule has 1 heterocycles. The zero-order chi connectivity index (χ0) is 10.8. The molecule has 0 bridgehead atoms. The van der Waals surface area contributed by atoms with Crippen LogP contribution in [0.25, 0.3) is 0 Å². The third kappa shape index (κ3) is 2.27. The van der Waals surface area contributed by atoms with E-state index in [1.54, 1.807) is 12.1 Å². The lowest BCUT2D eigenvalue weighted by Crippen LogP contribution is -1.95. The van der Waals surface area contributed by atoms with Crippen LogP contribution in [-0.2, 0) is 6.42 Å². The first-order valence-corrected chi connectivity index (χ1v) is 4.92. The maximum Gasteiger partial charge on any atom is 0.242 e. The molecule has 0 amide bonds. The van der Waals surface area contributed by atoms with Crippen LogP contribution in [0.3, 0.4) is 0 Å². The molecule has 6 heteroatoms. The molecule has 0 unspecified atom stereocenters. The summed E-state index contributed by atoms with van der Waals surface area (Å²) in [5.41, 5.74) is 0.454. The van der Waals surface area contributed by atoms with Crippen molar-refractivity contribution < 1.29 is 4.39 Å². The van der Waals surface area contributed by atoms with Crippen molar-refractivity contribution in [2.24, 2.45) is 0 Å². The molecule has 0 radical (unpaired) electrons. The van der Waals surface area contributed by atoms with Crippen molar-refractivity contribution in [2.75, 3.05) is 0 Å². The first-order valence-electron chi connectivity index (χ1n) is 4.16. The minimum absolute atomic E-state index is 0.0955. The zero-order valence-electron chi connectivity index (χ0n) is 7.47. The summed E-state index contributed by atoms with van der Waals surface area (Å²) in [6.45, 7) is 0. The van der Waals surface area contributed by atoms with Gasteiger partial charge in [-0.25, -0.2) is 9.37 Å². The summed E-state index contributed by atoms with van der Waals surface area (Å²) in [4.78, 5) is 3.87. The molecule has 0 atom stereocenters. The van der Waals surface area contributed by atoms with Gasteiger partial charge in [0.15, 0.2) is 0 Å². The van der Waals surface area contributed by atoms with E-state index in [1.807, 2.05) is 0 Å². The highest BCUT2D eigenvalue weighted by molar-refractivity contribution is 6.30. The number of hydrogen-bond acceptors (Lipinski definition) is 2. The highest BCUT2D eigenvalue weighted by Gasteiger charge is 2.09. The molecular weight excluding hydrogens is 240 g/mol. The van der Waals surface area contributed by atoms with E-state index in [-0.39, 0.29) is 16.7 Å². The van der Waals surface area contributed by atoms with Crippen LogP contribution in [0, 0.1) is 5.82 Å². The van der Waals surface area contributed by atoms with Crippen LogP contribution < -0.4 is 0 Å². The number of benzene rings is 1. The van der Waals surface area contributed by atoms with E-state index < -0.39 is 5.82 Å². The SMILES string of the molecule is Fc1c(Cl)cccc1Cc1nc(Cl)n[nH]1. The number of nitrogens with one attached hydrogen (secondary N) is 1. The smallest absolute Gasteiger partial charge is 0.242 e. The largest absolute Gasteiger partial charge is 0.261 e. The van der Waals surface area contributed by atoms with Crippen LogP contribution in [0.1, 0.15) is 11.4 Å². The van der Waals surface area contributed by atoms with E-state index >= 15 is 0 Å². The van der Waals surface area contributed by atoms with Crippen LogP contribution in [-0.4, -0.2) is 15.2 Å². The highest BCUT2D eigenvalue weighted by Crippen LogP contribution is 2.19. The maximum absolute atomic E-state index is 13.5. The summed E-state index contributed by atoms with van der Waals surface area (Å²) >= 11 is 11.2. The Labute approximate surface area is 95.2 Å². The van der Waals surface area contributed by atoms with E-state index in [4.69, 9.17) is 23.2 Å². The topological polar surface area (TPSA) is 41.6 Å². The first-order chi connectivity index (χ1) is 7.16. The van der Waals surface area contributed by atoms with Crippen LogP contribution in [0.5, 0.6) is 0 Å². The highest BCUT2D eigenvalue weighted by atomic mass is 35.5. The third-order valence-corrected chi connectivity index (χ3v) is 2.35. The van der Waals surface area contributed by atoms with E-state index in [0.717, 1.165) is 0 Å². The minimum atomic E-state index is -0.438. The second-order valence-corrected chi connectivity index (χ2v) is 3.69. The molecule has 0 fully saturated rings. The predicted molar refractivity (Wildman–Crippen MR) is 55.6 cm³/mol. The van der Waals surface area contributed by atoms with Crippen molar-refractivity contribution in [3.05, 3.63) is 45.7 Å². The number of H-pyrrole nitrogens is 1. The van der Waals surface area contributed by atoms with Gasteiger partial charge in [0.25, 0.3) is 0 Å². The van der Waals surface area contributed by atoms with Gasteiger partial charge in [0.05, 0.1) is 5.02 Å². The Morgan fingerprint density at radius 2 is 2.13 bits per heavy atom. The molecule has 2 rings (SSSR count). The molecule has 0 saturated carbocycles. The number of hydrogen-bond donors (Lipinski definition) is 1. The lowest BCUT2D eigenvalue weighted by molar-refractivity contribution is 0.612. The van der Waals surface area contributed by atoms with Gasteiger partial charge in [-0.05, 0) is 23.2 Å². The lowest BCUT2D eigenvalue weighted by atomic mass is 10.1. The average Bonchev–Trinajstić information content (AvgIpc) is 2.59. The molecule has 0 aliphatic rings. The number of halogens is 3. The van der Waals surface area contributed by atoms with E-state index in [9.17, 15) is 4.39 Å². The van der Waals surface area contributed by atoms with Crippen molar-refractivity contribution in [1.82, 2.24) is 15.2 Å². The fourth-order valence-electron chi connectivity index (χ4n) is 1.22.